The minimum Gasteiger partial charge on any atom is -0.378 e. The highest BCUT2D eigenvalue weighted by atomic mass is 35.5. The van der Waals surface area contributed by atoms with Crippen LogP contribution < -0.4 is 4.90 Å². The van der Waals surface area contributed by atoms with Crippen molar-refractivity contribution in [1.29, 1.82) is 0 Å². The first kappa shape index (κ1) is 13.6. The molecule has 2 aromatic rings. The largest absolute Gasteiger partial charge is 0.378 e. The standard InChI is InChI=1S/C15H16ClN3/c1-11-8-12(16)10-14(9-11)18-17-13-4-6-15(7-5-13)19(2)3/h4-10H,1-3H3. The minimum absolute atomic E-state index is 0.678. The Balaban J connectivity index is 2.17. The first-order chi connectivity index (χ1) is 9.04. The average molecular weight is 274 g/mol. The van der Waals surface area contributed by atoms with E-state index in [2.05, 4.69) is 10.2 Å². The van der Waals surface area contributed by atoms with Crippen LogP contribution in [0.3, 0.4) is 0 Å². The molecule has 0 radical (unpaired) electrons. The van der Waals surface area contributed by atoms with Gasteiger partial charge in [-0.15, -0.1) is 0 Å². The lowest BCUT2D eigenvalue weighted by Gasteiger charge is -2.11. The lowest BCUT2D eigenvalue weighted by molar-refractivity contribution is 1.13. The van der Waals surface area contributed by atoms with Crippen LogP contribution in [-0.2, 0) is 0 Å². The lowest BCUT2D eigenvalue weighted by Crippen LogP contribution is -2.07. The van der Waals surface area contributed by atoms with E-state index >= 15 is 0 Å². The fraction of sp³-hybridized carbons (Fsp3) is 0.200. The number of hydrogen-bond donors (Lipinski definition) is 0. The van der Waals surface area contributed by atoms with Crippen LogP contribution in [-0.4, -0.2) is 14.1 Å². The maximum absolute atomic E-state index is 5.98. The summed E-state index contributed by atoms with van der Waals surface area (Å²) in [6.07, 6.45) is 0. The number of rotatable bonds is 3. The summed E-state index contributed by atoms with van der Waals surface area (Å²) in [7, 11) is 4.01. The van der Waals surface area contributed by atoms with E-state index in [0.29, 0.717) is 5.02 Å². The fourth-order valence-electron chi connectivity index (χ4n) is 1.71. The van der Waals surface area contributed by atoms with Gasteiger partial charge in [-0.25, -0.2) is 0 Å². The van der Waals surface area contributed by atoms with Crippen LogP contribution in [0.1, 0.15) is 5.56 Å². The van der Waals surface area contributed by atoms with Gasteiger partial charge in [0.1, 0.15) is 0 Å². The minimum atomic E-state index is 0.678. The molecule has 2 rings (SSSR count). The molecule has 0 atom stereocenters. The topological polar surface area (TPSA) is 28.0 Å². The van der Waals surface area contributed by atoms with E-state index in [0.717, 1.165) is 22.6 Å². The van der Waals surface area contributed by atoms with Gasteiger partial charge in [0.05, 0.1) is 11.4 Å². The molecule has 0 unspecified atom stereocenters. The number of halogens is 1. The molecule has 0 aromatic heterocycles. The van der Waals surface area contributed by atoms with E-state index in [1.807, 2.05) is 62.3 Å². The molecule has 2 aromatic carbocycles. The summed E-state index contributed by atoms with van der Waals surface area (Å²) >= 11 is 5.98. The van der Waals surface area contributed by atoms with Crippen LogP contribution in [0.5, 0.6) is 0 Å². The average Bonchev–Trinajstić information content (AvgIpc) is 2.36. The van der Waals surface area contributed by atoms with Gasteiger partial charge in [-0.3, -0.25) is 0 Å². The number of aryl methyl sites for hydroxylation is 1. The maximum atomic E-state index is 5.98. The molecular weight excluding hydrogens is 258 g/mol. The van der Waals surface area contributed by atoms with Gasteiger partial charge in [0.25, 0.3) is 0 Å². The molecule has 0 saturated heterocycles. The van der Waals surface area contributed by atoms with Crippen molar-refractivity contribution < 1.29 is 0 Å². The van der Waals surface area contributed by atoms with E-state index in [1.54, 1.807) is 6.07 Å². The number of benzene rings is 2. The summed E-state index contributed by atoms with van der Waals surface area (Å²) in [6, 6.07) is 13.5. The quantitative estimate of drug-likeness (QED) is 0.713. The van der Waals surface area contributed by atoms with Crippen molar-refractivity contribution >= 4 is 28.7 Å². The molecule has 0 bridgehead atoms. The Bertz CT molecular complexity index is 569. The number of azo groups is 1. The third-order valence-electron chi connectivity index (χ3n) is 2.67. The summed E-state index contributed by atoms with van der Waals surface area (Å²) in [6.45, 7) is 1.98. The second-order valence-electron chi connectivity index (χ2n) is 4.60. The molecule has 0 aliphatic heterocycles. The lowest BCUT2D eigenvalue weighted by atomic mass is 10.2. The van der Waals surface area contributed by atoms with Crippen LogP contribution in [0.25, 0.3) is 0 Å². The van der Waals surface area contributed by atoms with E-state index in [-0.39, 0.29) is 0 Å². The summed E-state index contributed by atoms with van der Waals surface area (Å²) in [5, 5.41) is 9.08. The third kappa shape index (κ3) is 3.80. The van der Waals surface area contributed by atoms with Crippen molar-refractivity contribution in [3.05, 3.63) is 53.1 Å². The summed E-state index contributed by atoms with van der Waals surface area (Å²) < 4.78 is 0. The highest BCUT2D eigenvalue weighted by molar-refractivity contribution is 6.30. The van der Waals surface area contributed by atoms with Gasteiger partial charge >= 0.3 is 0 Å². The highest BCUT2D eigenvalue weighted by Crippen LogP contribution is 2.24. The summed E-state index contributed by atoms with van der Waals surface area (Å²) in [5.41, 5.74) is 3.80. The van der Waals surface area contributed by atoms with Crippen molar-refractivity contribution in [2.75, 3.05) is 19.0 Å². The van der Waals surface area contributed by atoms with Gasteiger partial charge in [-0.1, -0.05) is 11.6 Å². The third-order valence-corrected chi connectivity index (χ3v) is 2.89. The smallest absolute Gasteiger partial charge is 0.0874 e. The molecule has 0 saturated carbocycles. The second-order valence-corrected chi connectivity index (χ2v) is 5.03. The van der Waals surface area contributed by atoms with E-state index < -0.39 is 0 Å². The molecule has 0 fully saturated rings. The van der Waals surface area contributed by atoms with E-state index in [4.69, 9.17) is 11.6 Å². The molecule has 4 heteroatoms. The van der Waals surface area contributed by atoms with Gasteiger partial charge in [-0.05, 0) is 55.0 Å². The van der Waals surface area contributed by atoms with Crippen LogP contribution in [0.2, 0.25) is 5.02 Å². The van der Waals surface area contributed by atoms with Crippen LogP contribution in [0, 0.1) is 6.92 Å². The number of anilines is 1. The molecule has 0 amide bonds. The zero-order valence-electron chi connectivity index (χ0n) is 11.3. The normalized spacial score (nSPS) is 10.9. The van der Waals surface area contributed by atoms with Crippen molar-refractivity contribution in [2.24, 2.45) is 10.2 Å². The number of nitrogens with zero attached hydrogens (tertiary/aromatic N) is 3. The van der Waals surface area contributed by atoms with Crippen LogP contribution in [0.4, 0.5) is 17.1 Å². The molecule has 0 spiro atoms. The molecule has 0 aliphatic rings. The van der Waals surface area contributed by atoms with Crippen molar-refractivity contribution in [2.45, 2.75) is 6.92 Å². The predicted octanol–water partition coefficient (Wildman–Crippen LogP) is 5.13. The molecule has 0 N–H and O–H groups in total. The van der Waals surface area contributed by atoms with E-state index in [1.165, 1.54) is 0 Å². The Morgan fingerprint density at radius 1 is 0.895 bits per heavy atom. The highest BCUT2D eigenvalue weighted by Gasteiger charge is 1.97. The Kier molecular flexibility index (Phi) is 4.17. The monoisotopic (exact) mass is 273 g/mol. The van der Waals surface area contributed by atoms with Crippen molar-refractivity contribution in [1.82, 2.24) is 0 Å². The first-order valence-electron chi connectivity index (χ1n) is 6.01. The first-order valence-corrected chi connectivity index (χ1v) is 6.39. The maximum Gasteiger partial charge on any atom is 0.0874 e. The molecule has 98 valence electrons. The zero-order chi connectivity index (χ0) is 13.8. The number of hydrogen-bond acceptors (Lipinski definition) is 3. The Morgan fingerprint density at radius 2 is 1.53 bits per heavy atom. The molecule has 3 nitrogen and oxygen atoms in total. The molecular formula is C15H16ClN3. The van der Waals surface area contributed by atoms with Gasteiger partial charge in [0, 0.05) is 24.8 Å². The Labute approximate surface area is 118 Å². The fourth-order valence-corrected chi connectivity index (χ4v) is 1.99. The van der Waals surface area contributed by atoms with Crippen molar-refractivity contribution in [3.8, 4) is 0 Å². The Morgan fingerprint density at radius 3 is 2.11 bits per heavy atom. The second kappa shape index (κ2) is 5.85. The molecule has 0 aliphatic carbocycles. The SMILES string of the molecule is Cc1cc(Cl)cc(N=Nc2ccc(N(C)C)cc2)c1. The van der Waals surface area contributed by atoms with Gasteiger partial charge in [-0.2, -0.15) is 10.2 Å². The van der Waals surface area contributed by atoms with Gasteiger partial charge in [0.2, 0.25) is 0 Å². The summed E-state index contributed by atoms with van der Waals surface area (Å²) in [5.74, 6) is 0. The molecule has 19 heavy (non-hydrogen) atoms. The Hall–Kier alpha value is -1.87. The van der Waals surface area contributed by atoms with Crippen molar-refractivity contribution in [3.63, 3.8) is 0 Å². The van der Waals surface area contributed by atoms with Crippen LogP contribution >= 0.6 is 11.6 Å². The van der Waals surface area contributed by atoms with E-state index in [9.17, 15) is 0 Å². The van der Waals surface area contributed by atoms with Gasteiger partial charge < -0.3 is 4.90 Å². The van der Waals surface area contributed by atoms with Gasteiger partial charge in [0.15, 0.2) is 0 Å². The zero-order valence-corrected chi connectivity index (χ0v) is 12.0. The summed E-state index contributed by atoms with van der Waals surface area (Å²) in [4.78, 5) is 2.04. The molecule has 0 heterocycles. The van der Waals surface area contributed by atoms with Crippen LogP contribution in [0.15, 0.2) is 52.7 Å². The predicted molar refractivity (Wildman–Crippen MR) is 81.1 cm³/mol.